The van der Waals surface area contributed by atoms with Crippen molar-refractivity contribution in [2.45, 2.75) is 30.9 Å². The smallest absolute Gasteiger partial charge is 0.272 e. The Morgan fingerprint density at radius 2 is 1.50 bits per heavy atom. The first-order chi connectivity index (χ1) is 20.1. The van der Waals surface area contributed by atoms with E-state index in [2.05, 4.69) is 16.0 Å². The molecule has 214 valence electrons. The molecule has 0 saturated carbocycles. The summed E-state index contributed by atoms with van der Waals surface area (Å²) in [4.78, 5) is 40.0. The zero-order valence-electron chi connectivity index (χ0n) is 23.2. The number of hydrogen-bond donors (Lipinski definition) is 3. The lowest BCUT2D eigenvalue weighted by molar-refractivity contribution is -0.115. The van der Waals surface area contributed by atoms with Gasteiger partial charge < -0.3 is 16.0 Å². The van der Waals surface area contributed by atoms with E-state index in [1.54, 1.807) is 66.7 Å². The SMILES string of the molecule is Cc1cc(C)cc(NC(=O)C(C)Sc2cccc(NC(=O)/C(=C\c3ccc(Cl)cc3Cl)NC(=O)c3ccccc3)c2)c1. The number of hydrogen-bond acceptors (Lipinski definition) is 4. The van der Waals surface area contributed by atoms with Gasteiger partial charge in [0.2, 0.25) is 5.91 Å². The van der Waals surface area contributed by atoms with Gasteiger partial charge in [0.05, 0.1) is 5.25 Å². The van der Waals surface area contributed by atoms with Crippen LogP contribution < -0.4 is 16.0 Å². The minimum Gasteiger partial charge on any atom is -0.325 e. The van der Waals surface area contributed by atoms with Crippen LogP contribution >= 0.6 is 35.0 Å². The highest BCUT2D eigenvalue weighted by Crippen LogP contribution is 2.28. The van der Waals surface area contributed by atoms with Crippen LogP contribution in [0.25, 0.3) is 6.08 Å². The first-order valence-corrected chi connectivity index (χ1v) is 14.7. The average Bonchev–Trinajstić information content (AvgIpc) is 2.94. The molecular formula is C33H29Cl2N3O3S. The van der Waals surface area contributed by atoms with E-state index in [9.17, 15) is 14.4 Å². The molecule has 9 heteroatoms. The van der Waals surface area contributed by atoms with Crippen molar-refractivity contribution in [1.82, 2.24) is 5.32 Å². The zero-order valence-corrected chi connectivity index (χ0v) is 25.5. The quantitative estimate of drug-likeness (QED) is 0.131. The molecule has 1 atom stereocenters. The molecule has 3 N–H and O–H groups in total. The molecular weight excluding hydrogens is 589 g/mol. The minimum atomic E-state index is -0.548. The van der Waals surface area contributed by atoms with Crippen LogP contribution in [-0.2, 0) is 9.59 Å². The number of nitrogens with one attached hydrogen (secondary N) is 3. The van der Waals surface area contributed by atoms with Crippen molar-refractivity contribution in [3.8, 4) is 0 Å². The lowest BCUT2D eigenvalue weighted by Crippen LogP contribution is -2.30. The van der Waals surface area contributed by atoms with Crippen LogP contribution in [0.4, 0.5) is 11.4 Å². The Labute approximate surface area is 259 Å². The van der Waals surface area contributed by atoms with Crippen LogP contribution in [0.1, 0.15) is 34.0 Å². The number of carbonyl (C=O) groups excluding carboxylic acids is 3. The van der Waals surface area contributed by atoms with E-state index in [1.807, 2.05) is 45.0 Å². The van der Waals surface area contributed by atoms with Crippen molar-refractivity contribution in [3.63, 3.8) is 0 Å². The lowest BCUT2D eigenvalue weighted by atomic mass is 10.1. The predicted molar refractivity (Wildman–Crippen MR) is 173 cm³/mol. The summed E-state index contributed by atoms with van der Waals surface area (Å²) in [6, 6.07) is 26.5. The molecule has 0 aliphatic rings. The van der Waals surface area contributed by atoms with E-state index in [1.165, 1.54) is 17.8 Å². The summed E-state index contributed by atoms with van der Waals surface area (Å²) in [5, 5.41) is 8.88. The highest BCUT2D eigenvalue weighted by Gasteiger charge is 2.18. The van der Waals surface area contributed by atoms with Crippen molar-refractivity contribution < 1.29 is 14.4 Å². The molecule has 0 radical (unpaired) electrons. The van der Waals surface area contributed by atoms with Crippen LogP contribution in [-0.4, -0.2) is 23.0 Å². The van der Waals surface area contributed by atoms with Crippen molar-refractivity contribution in [2.24, 2.45) is 0 Å². The zero-order chi connectivity index (χ0) is 30.2. The first-order valence-electron chi connectivity index (χ1n) is 13.1. The molecule has 3 amide bonds. The largest absolute Gasteiger partial charge is 0.325 e. The summed E-state index contributed by atoms with van der Waals surface area (Å²) in [6.45, 7) is 5.79. The number of anilines is 2. The standard InChI is InChI=1S/C33H29Cl2N3O3S/c1-20-14-21(2)16-27(15-20)37-31(39)22(3)42-28-11-7-10-26(19-28)36-33(41)30(17-24-12-13-25(34)18-29(24)35)38-32(40)23-8-5-4-6-9-23/h4-19,22H,1-3H3,(H,36,41)(H,37,39)(H,38,40)/b30-17+. The van der Waals surface area contributed by atoms with Crippen LogP contribution in [0.3, 0.4) is 0 Å². The molecule has 0 aliphatic carbocycles. The van der Waals surface area contributed by atoms with Crippen LogP contribution in [0.2, 0.25) is 10.0 Å². The predicted octanol–water partition coefficient (Wildman–Crippen LogP) is 8.14. The Bertz CT molecular complexity index is 1640. The third-order valence-corrected chi connectivity index (χ3v) is 7.71. The van der Waals surface area contributed by atoms with Gasteiger partial charge in [0.25, 0.3) is 11.8 Å². The van der Waals surface area contributed by atoms with Gasteiger partial charge in [0, 0.05) is 31.9 Å². The van der Waals surface area contributed by atoms with Crippen molar-refractivity contribution in [1.29, 1.82) is 0 Å². The third kappa shape index (κ3) is 8.73. The number of aryl methyl sites for hydroxylation is 2. The van der Waals surface area contributed by atoms with E-state index < -0.39 is 17.1 Å². The average molecular weight is 619 g/mol. The van der Waals surface area contributed by atoms with E-state index in [4.69, 9.17) is 23.2 Å². The molecule has 0 heterocycles. The van der Waals surface area contributed by atoms with Crippen molar-refractivity contribution >= 4 is 70.1 Å². The molecule has 4 aromatic rings. The van der Waals surface area contributed by atoms with Gasteiger partial charge in [-0.1, -0.05) is 59.6 Å². The van der Waals surface area contributed by atoms with Gasteiger partial charge in [-0.05, 0) is 98.1 Å². The van der Waals surface area contributed by atoms with Gasteiger partial charge in [-0.15, -0.1) is 11.8 Å². The molecule has 4 aromatic carbocycles. The first kappa shape index (κ1) is 30.9. The Morgan fingerprint density at radius 1 is 0.786 bits per heavy atom. The highest BCUT2D eigenvalue weighted by atomic mass is 35.5. The fourth-order valence-corrected chi connectivity index (χ4v) is 5.50. The molecule has 0 saturated heterocycles. The number of benzene rings is 4. The van der Waals surface area contributed by atoms with Gasteiger partial charge in [-0.3, -0.25) is 14.4 Å². The van der Waals surface area contributed by atoms with Crippen LogP contribution in [0.15, 0.2) is 102 Å². The minimum absolute atomic E-state index is 0.00711. The van der Waals surface area contributed by atoms with Crippen LogP contribution in [0.5, 0.6) is 0 Å². The fourth-order valence-electron chi connectivity index (χ4n) is 4.11. The van der Waals surface area contributed by atoms with Gasteiger partial charge in [-0.25, -0.2) is 0 Å². The number of amides is 3. The molecule has 0 aliphatic heterocycles. The Kier molecular flexibility index (Phi) is 10.5. The maximum Gasteiger partial charge on any atom is 0.272 e. The molecule has 0 bridgehead atoms. The van der Waals surface area contributed by atoms with E-state index >= 15 is 0 Å². The molecule has 0 spiro atoms. The monoisotopic (exact) mass is 617 g/mol. The molecule has 42 heavy (non-hydrogen) atoms. The summed E-state index contributed by atoms with van der Waals surface area (Å²) in [5.41, 5.74) is 4.28. The van der Waals surface area contributed by atoms with E-state index in [0.29, 0.717) is 26.9 Å². The maximum absolute atomic E-state index is 13.4. The Hall–Kier alpha value is -4.04. The van der Waals surface area contributed by atoms with E-state index in [-0.39, 0.29) is 11.6 Å². The number of halogens is 2. The maximum atomic E-state index is 13.4. The number of carbonyl (C=O) groups is 3. The Morgan fingerprint density at radius 3 is 2.19 bits per heavy atom. The second-order valence-electron chi connectivity index (χ2n) is 9.65. The highest BCUT2D eigenvalue weighted by molar-refractivity contribution is 8.00. The summed E-state index contributed by atoms with van der Waals surface area (Å²) in [7, 11) is 0. The summed E-state index contributed by atoms with van der Waals surface area (Å²) in [6.07, 6.45) is 1.49. The number of rotatable bonds is 9. The van der Waals surface area contributed by atoms with Gasteiger partial charge in [-0.2, -0.15) is 0 Å². The van der Waals surface area contributed by atoms with Gasteiger partial charge >= 0.3 is 0 Å². The van der Waals surface area contributed by atoms with Crippen molar-refractivity contribution in [2.75, 3.05) is 10.6 Å². The lowest BCUT2D eigenvalue weighted by Gasteiger charge is -2.15. The topological polar surface area (TPSA) is 87.3 Å². The normalized spacial score (nSPS) is 11.9. The Balaban J connectivity index is 1.50. The van der Waals surface area contributed by atoms with Gasteiger partial charge in [0.1, 0.15) is 5.70 Å². The third-order valence-electron chi connectivity index (χ3n) is 6.05. The second kappa shape index (κ2) is 14.2. The molecule has 4 rings (SSSR count). The molecule has 0 fully saturated rings. The van der Waals surface area contributed by atoms with Crippen LogP contribution in [0, 0.1) is 13.8 Å². The summed E-state index contributed by atoms with van der Waals surface area (Å²) >= 11 is 13.7. The fraction of sp³-hybridized carbons (Fsp3) is 0.121. The molecule has 0 aromatic heterocycles. The molecule has 1 unspecified atom stereocenters. The second-order valence-corrected chi connectivity index (χ2v) is 11.9. The summed E-state index contributed by atoms with van der Waals surface area (Å²) in [5.74, 6) is -1.13. The van der Waals surface area contributed by atoms with Crippen molar-refractivity contribution in [3.05, 3.63) is 129 Å². The summed E-state index contributed by atoms with van der Waals surface area (Å²) < 4.78 is 0. The van der Waals surface area contributed by atoms with E-state index in [0.717, 1.165) is 21.7 Å². The van der Waals surface area contributed by atoms with Gasteiger partial charge in [0.15, 0.2) is 0 Å². The number of thioether (sulfide) groups is 1. The molecule has 6 nitrogen and oxygen atoms in total.